The minimum Gasteiger partial charge on any atom is -0.378 e. The van der Waals surface area contributed by atoms with Crippen molar-refractivity contribution in [1.82, 2.24) is 0 Å². The summed E-state index contributed by atoms with van der Waals surface area (Å²) in [6.45, 7) is 4.60. The fourth-order valence-corrected chi connectivity index (χ4v) is 1.37. The molecule has 1 saturated heterocycles. The molecule has 1 aliphatic heterocycles. The van der Waals surface area contributed by atoms with Gasteiger partial charge >= 0.3 is 0 Å². The van der Waals surface area contributed by atoms with Crippen molar-refractivity contribution in [3.63, 3.8) is 0 Å². The summed E-state index contributed by atoms with van der Waals surface area (Å²) in [7, 11) is 0. The van der Waals surface area contributed by atoms with Gasteiger partial charge in [-0.3, -0.25) is 0 Å². The molecule has 0 aromatic carbocycles. The summed E-state index contributed by atoms with van der Waals surface area (Å²) in [5, 5.41) is 1.10. The molecule has 12 heavy (non-hydrogen) atoms. The predicted molar refractivity (Wildman–Crippen MR) is 52.8 cm³/mol. The second kappa shape index (κ2) is 5.20. The van der Waals surface area contributed by atoms with E-state index in [0.29, 0.717) is 0 Å². The molecular formula is C9H17BrO2. The smallest absolute Gasteiger partial charge is 0.112 e. The summed E-state index contributed by atoms with van der Waals surface area (Å²) in [6, 6.07) is 0. The van der Waals surface area contributed by atoms with Gasteiger partial charge in [0.1, 0.15) is 5.60 Å². The van der Waals surface area contributed by atoms with Gasteiger partial charge in [0, 0.05) is 11.9 Å². The monoisotopic (exact) mass is 236 g/mol. The molecule has 2 nitrogen and oxygen atoms in total. The SMILES string of the molecule is CC1(COCCCCCBr)CO1. The maximum Gasteiger partial charge on any atom is 0.112 e. The maximum absolute atomic E-state index is 5.47. The van der Waals surface area contributed by atoms with E-state index in [9.17, 15) is 0 Å². The van der Waals surface area contributed by atoms with Crippen molar-refractivity contribution in [3.8, 4) is 0 Å². The highest BCUT2D eigenvalue weighted by Gasteiger charge is 2.39. The lowest BCUT2D eigenvalue weighted by Crippen LogP contribution is -2.14. The highest BCUT2D eigenvalue weighted by atomic mass is 79.9. The summed E-state index contributed by atoms with van der Waals surface area (Å²) in [6.07, 6.45) is 3.67. The van der Waals surface area contributed by atoms with Crippen LogP contribution in [0.4, 0.5) is 0 Å². The van der Waals surface area contributed by atoms with Crippen molar-refractivity contribution in [3.05, 3.63) is 0 Å². The minimum absolute atomic E-state index is 0.0649. The number of halogens is 1. The van der Waals surface area contributed by atoms with Gasteiger partial charge in [-0.15, -0.1) is 0 Å². The van der Waals surface area contributed by atoms with Crippen LogP contribution < -0.4 is 0 Å². The van der Waals surface area contributed by atoms with E-state index in [1.165, 1.54) is 19.3 Å². The average molecular weight is 237 g/mol. The molecule has 0 radical (unpaired) electrons. The molecule has 0 N–H and O–H groups in total. The Kier molecular flexibility index (Phi) is 4.54. The number of rotatable bonds is 7. The zero-order valence-electron chi connectivity index (χ0n) is 7.64. The van der Waals surface area contributed by atoms with E-state index in [1.807, 2.05) is 0 Å². The zero-order chi connectivity index (χ0) is 8.86. The number of ether oxygens (including phenoxy) is 2. The van der Waals surface area contributed by atoms with Gasteiger partial charge in [-0.2, -0.15) is 0 Å². The van der Waals surface area contributed by atoms with Gasteiger partial charge in [-0.1, -0.05) is 22.4 Å². The Morgan fingerprint density at radius 1 is 1.42 bits per heavy atom. The lowest BCUT2D eigenvalue weighted by atomic mass is 10.2. The Balaban J connectivity index is 1.77. The fraction of sp³-hybridized carbons (Fsp3) is 1.00. The largest absolute Gasteiger partial charge is 0.378 e. The van der Waals surface area contributed by atoms with Gasteiger partial charge in [0.2, 0.25) is 0 Å². The first-order valence-electron chi connectivity index (χ1n) is 4.54. The molecule has 1 atom stereocenters. The number of hydrogen-bond acceptors (Lipinski definition) is 2. The molecule has 1 fully saturated rings. The quantitative estimate of drug-likeness (QED) is 0.385. The molecule has 1 aliphatic rings. The van der Waals surface area contributed by atoms with E-state index >= 15 is 0 Å². The van der Waals surface area contributed by atoms with E-state index in [2.05, 4.69) is 22.9 Å². The van der Waals surface area contributed by atoms with E-state index in [4.69, 9.17) is 9.47 Å². The van der Waals surface area contributed by atoms with Crippen LogP contribution in [0, 0.1) is 0 Å². The number of epoxide rings is 1. The Morgan fingerprint density at radius 2 is 2.17 bits per heavy atom. The van der Waals surface area contributed by atoms with Crippen LogP contribution in [0.1, 0.15) is 26.2 Å². The zero-order valence-corrected chi connectivity index (χ0v) is 9.23. The second-order valence-electron chi connectivity index (χ2n) is 3.54. The summed E-state index contributed by atoms with van der Waals surface area (Å²) >= 11 is 3.40. The van der Waals surface area contributed by atoms with E-state index in [1.54, 1.807) is 0 Å². The Hall–Kier alpha value is 0.400. The Bertz CT molecular complexity index is 124. The molecule has 0 spiro atoms. The van der Waals surface area contributed by atoms with E-state index in [-0.39, 0.29) is 5.60 Å². The highest BCUT2D eigenvalue weighted by Crippen LogP contribution is 2.25. The third kappa shape index (κ3) is 4.43. The molecule has 1 unspecified atom stereocenters. The lowest BCUT2D eigenvalue weighted by Gasteiger charge is -2.05. The molecule has 0 amide bonds. The van der Waals surface area contributed by atoms with Crippen LogP contribution in [0.25, 0.3) is 0 Å². The standard InChI is InChI=1S/C9H17BrO2/c1-9(8-12-9)7-11-6-4-2-3-5-10/h2-8H2,1H3. The van der Waals surface area contributed by atoms with Crippen LogP contribution in [-0.2, 0) is 9.47 Å². The van der Waals surface area contributed by atoms with Gasteiger partial charge in [0.15, 0.2) is 0 Å². The average Bonchev–Trinajstić information content (AvgIpc) is 2.77. The van der Waals surface area contributed by atoms with Crippen LogP contribution in [0.5, 0.6) is 0 Å². The summed E-state index contributed by atoms with van der Waals surface area (Å²) in [4.78, 5) is 0. The molecule has 0 bridgehead atoms. The van der Waals surface area contributed by atoms with Crippen molar-refractivity contribution in [2.75, 3.05) is 25.2 Å². The predicted octanol–water partition coefficient (Wildman–Crippen LogP) is 2.36. The number of alkyl halides is 1. The summed E-state index contributed by atoms with van der Waals surface area (Å²) in [5.74, 6) is 0. The number of unbranched alkanes of at least 4 members (excludes halogenated alkanes) is 2. The third-order valence-corrected chi connectivity index (χ3v) is 2.53. The molecular weight excluding hydrogens is 220 g/mol. The van der Waals surface area contributed by atoms with Crippen LogP contribution in [0.15, 0.2) is 0 Å². The second-order valence-corrected chi connectivity index (χ2v) is 4.33. The van der Waals surface area contributed by atoms with Gasteiger partial charge in [0.25, 0.3) is 0 Å². The van der Waals surface area contributed by atoms with Crippen molar-refractivity contribution in [2.45, 2.75) is 31.8 Å². The molecule has 1 heterocycles. The molecule has 0 aromatic rings. The van der Waals surface area contributed by atoms with Crippen LogP contribution >= 0.6 is 15.9 Å². The highest BCUT2D eigenvalue weighted by molar-refractivity contribution is 9.09. The van der Waals surface area contributed by atoms with Gasteiger partial charge in [-0.25, -0.2) is 0 Å². The Labute approximate surface area is 82.7 Å². The van der Waals surface area contributed by atoms with Gasteiger partial charge < -0.3 is 9.47 Å². The maximum atomic E-state index is 5.47. The van der Waals surface area contributed by atoms with Crippen LogP contribution in [0.2, 0.25) is 0 Å². The first-order valence-corrected chi connectivity index (χ1v) is 5.67. The van der Waals surface area contributed by atoms with Gasteiger partial charge in [0.05, 0.1) is 13.2 Å². The first kappa shape index (κ1) is 10.5. The van der Waals surface area contributed by atoms with E-state index in [0.717, 1.165) is 25.2 Å². The molecule has 0 saturated carbocycles. The molecule has 0 aliphatic carbocycles. The topological polar surface area (TPSA) is 21.8 Å². The van der Waals surface area contributed by atoms with Crippen molar-refractivity contribution in [1.29, 1.82) is 0 Å². The molecule has 1 rings (SSSR count). The van der Waals surface area contributed by atoms with Crippen molar-refractivity contribution in [2.24, 2.45) is 0 Å². The summed E-state index contributed by atoms with van der Waals surface area (Å²) in [5.41, 5.74) is 0.0649. The fourth-order valence-electron chi connectivity index (χ4n) is 0.970. The van der Waals surface area contributed by atoms with E-state index < -0.39 is 0 Å². The molecule has 3 heteroatoms. The minimum atomic E-state index is 0.0649. The summed E-state index contributed by atoms with van der Waals surface area (Å²) < 4.78 is 10.7. The number of hydrogen-bond donors (Lipinski definition) is 0. The normalized spacial score (nSPS) is 27.5. The third-order valence-electron chi connectivity index (χ3n) is 1.97. The molecule has 72 valence electrons. The van der Waals surface area contributed by atoms with Gasteiger partial charge in [-0.05, 0) is 19.8 Å². The van der Waals surface area contributed by atoms with Crippen molar-refractivity contribution >= 4 is 15.9 Å². The van der Waals surface area contributed by atoms with Crippen LogP contribution in [-0.4, -0.2) is 30.8 Å². The first-order chi connectivity index (χ1) is 5.77. The molecule has 0 aromatic heterocycles. The van der Waals surface area contributed by atoms with Crippen LogP contribution in [0.3, 0.4) is 0 Å². The lowest BCUT2D eigenvalue weighted by molar-refractivity contribution is 0.0828. The Morgan fingerprint density at radius 3 is 2.75 bits per heavy atom. The van der Waals surface area contributed by atoms with Crippen molar-refractivity contribution < 1.29 is 9.47 Å².